The van der Waals surface area contributed by atoms with E-state index >= 15 is 0 Å². The number of benzene rings is 1. The van der Waals surface area contributed by atoms with E-state index in [2.05, 4.69) is 25.5 Å². The first-order chi connectivity index (χ1) is 11.3. The van der Waals surface area contributed by atoms with Crippen LogP contribution in [-0.2, 0) is 6.42 Å². The van der Waals surface area contributed by atoms with E-state index in [1.54, 1.807) is 18.5 Å². The van der Waals surface area contributed by atoms with Crippen molar-refractivity contribution in [3.8, 4) is 0 Å². The Balaban J connectivity index is 1.61. The van der Waals surface area contributed by atoms with Crippen molar-refractivity contribution in [2.45, 2.75) is 18.9 Å². The zero-order chi connectivity index (χ0) is 15.9. The maximum Gasteiger partial charge on any atom is 0.146 e. The van der Waals surface area contributed by atoms with Gasteiger partial charge in [0.2, 0.25) is 0 Å². The van der Waals surface area contributed by atoms with Crippen molar-refractivity contribution in [1.29, 1.82) is 0 Å². The van der Waals surface area contributed by atoms with Crippen molar-refractivity contribution < 1.29 is 4.39 Å². The largest absolute Gasteiger partial charge is 0.304 e. The Kier molecular flexibility index (Phi) is 5.06. The summed E-state index contributed by atoms with van der Waals surface area (Å²) < 4.78 is 13.6. The van der Waals surface area contributed by atoms with Crippen LogP contribution in [0, 0.1) is 5.82 Å². The lowest BCUT2D eigenvalue weighted by molar-refractivity contribution is 0.551. The highest BCUT2D eigenvalue weighted by molar-refractivity contribution is 5.21. The normalized spacial score (nSPS) is 12.2. The fourth-order valence-corrected chi connectivity index (χ4v) is 2.50. The van der Waals surface area contributed by atoms with Gasteiger partial charge in [-0.3, -0.25) is 10.1 Å². The molecular formula is C17H18FN5. The number of H-pyrrole nitrogens is 1. The third-order valence-electron chi connectivity index (χ3n) is 3.65. The maximum absolute atomic E-state index is 13.6. The molecule has 1 atom stereocenters. The smallest absolute Gasteiger partial charge is 0.146 e. The zero-order valence-electron chi connectivity index (χ0n) is 12.6. The summed E-state index contributed by atoms with van der Waals surface area (Å²) in [6.45, 7) is 0.731. The van der Waals surface area contributed by atoms with E-state index in [1.165, 1.54) is 12.4 Å². The van der Waals surface area contributed by atoms with Crippen LogP contribution in [0.4, 0.5) is 4.39 Å². The molecule has 0 saturated carbocycles. The van der Waals surface area contributed by atoms with Gasteiger partial charge in [-0.2, -0.15) is 5.10 Å². The molecule has 0 radical (unpaired) electrons. The van der Waals surface area contributed by atoms with E-state index in [9.17, 15) is 4.39 Å². The molecule has 2 N–H and O–H groups in total. The summed E-state index contributed by atoms with van der Waals surface area (Å²) in [5.74, 6) is 0.593. The van der Waals surface area contributed by atoms with Crippen LogP contribution in [-0.4, -0.2) is 26.7 Å². The minimum absolute atomic E-state index is 0.105. The second-order valence-corrected chi connectivity index (χ2v) is 5.24. The molecule has 0 bridgehead atoms. The van der Waals surface area contributed by atoms with Crippen LogP contribution in [0.1, 0.15) is 29.4 Å². The third kappa shape index (κ3) is 3.98. The Morgan fingerprint density at radius 1 is 1.17 bits per heavy atom. The molecule has 1 aromatic carbocycles. The van der Waals surface area contributed by atoms with Crippen LogP contribution in [0.25, 0.3) is 0 Å². The summed E-state index contributed by atoms with van der Waals surface area (Å²) in [5, 5.41) is 10.2. The lowest BCUT2D eigenvalue weighted by Crippen LogP contribution is -2.25. The standard InChI is InChI=1S/C17H18FN5/c18-15-8-2-1-5-13(15)6-4-10-20-16(17-21-12-22-23-17)14-7-3-9-19-11-14/h1-3,5,7-9,11-12,16,20H,4,6,10H2,(H,21,22,23). The molecule has 6 heteroatoms. The van der Waals surface area contributed by atoms with Crippen molar-refractivity contribution >= 4 is 0 Å². The Morgan fingerprint density at radius 3 is 2.83 bits per heavy atom. The van der Waals surface area contributed by atoms with Gasteiger partial charge in [-0.1, -0.05) is 24.3 Å². The highest BCUT2D eigenvalue weighted by Crippen LogP contribution is 2.17. The van der Waals surface area contributed by atoms with Gasteiger partial charge in [0.25, 0.3) is 0 Å². The predicted molar refractivity (Wildman–Crippen MR) is 85.2 cm³/mol. The van der Waals surface area contributed by atoms with Gasteiger partial charge < -0.3 is 5.32 Å². The van der Waals surface area contributed by atoms with E-state index in [1.807, 2.05) is 24.3 Å². The van der Waals surface area contributed by atoms with Crippen molar-refractivity contribution in [2.75, 3.05) is 6.54 Å². The molecule has 3 rings (SSSR count). The molecule has 0 amide bonds. The number of rotatable bonds is 7. The minimum atomic E-state index is -0.147. The maximum atomic E-state index is 13.6. The van der Waals surface area contributed by atoms with Gasteiger partial charge in [-0.15, -0.1) is 0 Å². The van der Waals surface area contributed by atoms with Crippen LogP contribution < -0.4 is 5.32 Å². The Labute approximate surface area is 134 Å². The van der Waals surface area contributed by atoms with Crippen molar-refractivity contribution in [3.63, 3.8) is 0 Å². The number of pyridine rings is 1. The number of hydrogen-bond donors (Lipinski definition) is 2. The Morgan fingerprint density at radius 2 is 2.09 bits per heavy atom. The lowest BCUT2D eigenvalue weighted by Gasteiger charge is -2.16. The van der Waals surface area contributed by atoms with E-state index in [4.69, 9.17) is 0 Å². The van der Waals surface area contributed by atoms with Gasteiger partial charge in [0.05, 0.1) is 6.04 Å². The van der Waals surface area contributed by atoms with Crippen molar-refractivity contribution in [2.24, 2.45) is 0 Å². The van der Waals surface area contributed by atoms with Gasteiger partial charge >= 0.3 is 0 Å². The predicted octanol–water partition coefficient (Wildman–Crippen LogP) is 2.65. The van der Waals surface area contributed by atoms with Crippen LogP contribution in [0.2, 0.25) is 0 Å². The SMILES string of the molecule is Fc1ccccc1CCCNC(c1cccnc1)c1ncn[nH]1. The Bertz CT molecular complexity index is 715. The summed E-state index contributed by atoms with van der Waals surface area (Å²) >= 11 is 0. The number of aromatic nitrogens is 4. The third-order valence-corrected chi connectivity index (χ3v) is 3.65. The second-order valence-electron chi connectivity index (χ2n) is 5.24. The Hall–Kier alpha value is -2.60. The van der Waals surface area contributed by atoms with Crippen LogP contribution in [0.15, 0.2) is 55.1 Å². The van der Waals surface area contributed by atoms with E-state index < -0.39 is 0 Å². The molecular weight excluding hydrogens is 293 g/mol. The molecule has 0 spiro atoms. The van der Waals surface area contributed by atoms with Gasteiger partial charge in [-0.05, 0) is 42.6 Å². The summed E-state index contributed by atoms with van der Waals surface area (Å²) in [4.78, 5) is 8.38. The average Bonchev–Trinajstić information content (AvgIpc) is 3.11. The molecule has 118 valence electrons. The lowest BCUT2D eigenvalue weighted by atomic mass is 10.1. The molecule has 0 aliphatic heterocycles. The van der Waals surface area contributed by atoms with E-state index in [0.29, 0.717) is 6.42 Å². The van der Waals surface area contributed by atoms with Gasteiger partial charge in [0.1, 0.15) is 18.0 Å². The van der Waals surface area contributed by atoms with Crippen LogP contribution in [0.5, 0.6) is 0 Å². The van der Waals surface area contributed by atoms with Crippen LogP contribution in [0.3, 0.4) is 0 Å². The summed E-state index contributed by atoms with van der Waals surface area (Å²) in [5.41, 5.74) is 1.75. The first-order valence-electron chi connectivity index (χ1n) is 7.56. The number of aryl methyl sites for hydroxylation is 1. The molecule has 0 saturated heterocycles. The molecule has 23 heavy (non-hydrogen) atoms. The van der Waals surface area contributed by atoms with Gasteiger partial charge in [0.15, 0.2) is 0 Å². The van der Waals surface area contributed by atoms with E-state index in [0.717, 1.165) is 29.9 Å². The topological polar surface area (TPSA) is 66.5 Å². The molecule has 3 aromatic rings. The number of aromatic amines is 1. The molecule has 0 fully saturated rings. The van der Waals surface area contributed by atoms with E-state index in [-0.39, 0.29) is 11.9 Å². The highest BCUT2D eigenvalue weighted by Gasteiger charge is 2.16. The van der Waals surface area contributed by atoms with Gasteiger partial charge in [0, 0.05) is 12.4 Å². The molecule has 5 nitrogen and oxygen atoms in total. The second kappa shape index (κ2) is 7.60. The molecule has 0 aliphatic rings. The zero-order valence-corrected chi connectivity index (χ0v) is 12.6. The summed E-state index contributed by atoms with van der Waals surface area (Å²) in [6, 6.07) is 10.7. The minimum Gasteiger partial charge on any atom is -0.304 e. The molecule has 2 aromatic heterocycles. The van der Waals surface area contributed by atoms with Crippen LogP contribution >= 0.6 is 0 Å². The first kappa shape index (κ1) is 15.3. The molecule has 2 heterocycles. The number of nitrogens with one attached hydrogen (secondary N) is 2. The first-order valence-corrected chi connectivity index (χ1v) is 7.56. The number of nitrogens with zero attached hydrogens (tertiary/aromatic N) is 3. The van der Waals surface area contributed by atoms with Gasteiger partial charge in [-0.25, -0.2) is 9.37 Å². The average molecular weight is 311 g/mol. The monoisotopic (exact) mass is 311 g/mol. The summed E-state index contributed by atoms with van der Waals surface area (Å²) in [7, 11) is 0. The number of halogens is 1. The van der Waals surface area contributed by atoms with Crippen molar-refractivity contribution in [3.05, 3.63) is 77.9 Å². The fourth-order valence-electron chi connectivity index (χ4n) is 2.50. The summed E-state index contributed by atoms with van der Waals surface area (Å²) in [6.07, 6.45) is 6.54. The highest BCUT2D eigenvalue weighted by atomic mass is 19.1. The molecule has 0 aliphatic carbocycles. The quantitative estimate of drug-likeness (QED) is 0.658. The molecule has 1 unspecified atom stereocenters. The van der Waals surface area contributed by atoms with Crippen molar-refractivity contribution in [1.82, 2.24) is 25.5 Å². The fraction of sp³-hybridized carbons (Fsp3) is 0.235. The number of hydrogen-bond acceptors (Lipinski definition) is 4.